The van der Waals surface area contributed by atoms with Crippen molar-refractivity contribution in [3.05, 3.63) is 53.6 Å². The Labute approximate surface area is 142 Å². The first kappa shape index (κ1) is 18.4. The van der Waals surface area contributed by atoms with Gasteiger partial charge in [-0.25, -0.2) is 4.79 Å². The molecule has 0 aliphatic carbocycles. The van der Waals surface area contributed by atoms with Gasteiger partial charge in [0.2, 0.25) is 0 Å². The highest BCUT2D eigenvalue weighted by atomic mass is 19.4. The number of nitrogens with one attached hydrogen (secondary N) is 2. The second kappa shape index (κ2) is 7.78. The molecule has 134 valence electrons. The molecule has 0 saturated carbocycles. The number of hydrogen-bond donors (Lipinski definition) is 2. The van der Waals surface area contributed by atoms with Crippen LogP contribution in [0, 0.1) is 0 Å². The summed E-state index contributed by atoms with van der Waals surface area (Å²) in [6.45, 7) is 0.160. The molecule has 2 amide bonds. The Morgan fingerprint density at radius 3 is 2.28 bits per heavy atom. The van der Waals surface area contributed by atoms with Gasteiger partial charge in [0.25, 0.3) is 0 Å². The third-order valence-corrected chi connectivity index (χ3v) is 3.39. The van der Waals surface area contributed by atoms with Crippen LogP contribution in [0.3, 0.4) is 0 Å². The molecule has 8 heteroatoms. The SMILES string of the molecule is COc1cccc(CNC(=O)Nc2ccc(C(F)(F)F)cc2)c1OC. The van der Waals surface area contributed by atoms with Crippen LogP contribution >= 0.6 is 0 Å². The lowest BCUT2D eigenvalue weighted by molar-refractivity contribution is -0.137. The molecule has 0 heterocycles. The predicted octanol–water partition coefficient (Wildman–Crippen LogP) is 4.04. The van der Waals surface area contributed by atoms with E-state index in [-0.39, 0.29) is 12.2 Å². The average molecular weight is 354 g/mol. The van der Waals surface area contributed by atoms with Crippen LogP contribution in [-0.2, 0) is 12.7 Å². The molecule has 2 aromatic rings. The van der Waals surface area contributed by atoms with E-state index < -0.39 is 17.8 Å². The number of benzene rings is 2. The number of rotatable bonds is 5. The fraction of sp³-hybridized carbons (Fsp3) is 0.235. The molecule has 0 aliphatic heterocycles. The Morgan fingerprint density at radius 2 is 1.72 bits per heavy atom. The Morgan fingerprint density at radius 1 is 1.04 bits per heavy atom. The normalized spacial score (nSPS) is 10.9. The van der Waals surface area contributed by atoms with Gasteiger partial charge in [-0.2, -0.15) is 13.2 Å². The minimum atomic E-state index is -4.41. The summed E-state index contributed by atoms with van der Waals surface area (Å²) in [5, 5.41) is 5.08. The number of halogens is 3. The number of ether oxygens (including phenoxy) is 2. The smallest absolute Gasteiger partial charge is 0.416 e. The Bertz CT molecular complexity index is 731. The van der Waals surface area contributed by atoms with Crippen LogP contribution < -0.4 is 20.1 Å². The van der Waals surface area contributed by atoms with Crippen LogP contribution in [0.2, 0.25) is 0 Å². The molecule has 0 aliphatic rings. The number of alkyl halides is 3. The number of carbonyl (C=O) groups excluding carboxylic acids is 1. The highest BCUT2D eigenvalue weighted by Crippen LogP contribution is 2.31. The second-order valence-electron chi connectivity index (χ2n) is 5.04. The molecule has 2 rings (SSSR count). The highest BCUT2D eigenvalue weighted by Gasteiger charge is 2.29. The highest BCUT2D eigenvalue weighted by molar-refractivity contribution is 5.89. The van der Waals surface area contributed by atoms with Gasteiger partial charge in [-0.1, -0.05) is 12.1 Å². The van der Waals surface area contributed by atoms with Gasteiger partial charge in [0, 0.05) is 17.8 Å². The van der Waals surface area contributed by atoms with Crippen molar-refractivity contribution in [2.45, 2.75) is 12.7 Å². The zero-order valence-corrected chi connectivity index (χ0v) is 13.6. The van der Waals surface area contributed by atoms with Crippen molar-refractivity contribution in [3.63, 3.8) is 0 Å². The first-order chi connectivity index (χ1) is 11.8. The van der Waals surface area contributed by atoms with Crippen molar-refractivity contribution >= 4 is 11.7 Å². The molecular formula is C17H17F3N2O3. The Hall–Kier alpha value is -2.90. The zero-order chi connectivity index (χ0) is 18.4. The van der Waals surface area contributed by atoms with Crippen LogP contribution in [-0.4, -0.2) is 20.3 Å². The van der Waals surface area contributed by atoms with Gasteiger partial charge in [-0.05, 0) is 30.3 Å². The van der Waals surface area contributed by atoms with Crippen molar-refractivity contribution in [3.8, 4) is 11.5 Å². The minimum Gasteiger partial charge on any atom is -0.493 e. The molecule has 2 N–H and O–H groups in total. The van der Waals surface area contributed by atoms with E-state index in [0.717, 1.165) is 12.1 Å². The Kier molecular flexibility index (Phi) is 5.74. The molecule has 0 radical (unpaired) electrons. The maximum absolute atomic E-state index is 12.5. The summed E-state index contributed by atoms with van der Waals surface area (Å²) < 4.78 is 47.9. The van der Waals surface area contributed by atoms with Crippen LogP contribution in [0.4, 0.5) is 23.7 Å². The summed E-state index contributed by atoms with van der Waals surface area (Å²) >= 11 is 0. The number of anilines is 1. The number of urea groups is 1. The summed E-state index contributed by atoms with van der Waals surface area (Å²) in [6, 6.07) is 8.88. The molecule has 0 fully saturated rings. The summed E-state index contributed by atoms with van der Waals surface area (Å²) in [6.07, 6.45) is -4.41. The molecule has 2 aromatic carbocycles. The van der Waals surface area contributed by atoms with Crippen molar-refractivity contribution < 1.29 is 27.4 Å². The third-order valence-electron chi connectivity index (χ3n) is 3.39. The molecule has 0 unspecified atom stereocenters. The standard InChI is InChI=1S/C17H17F3N2O3/c1-24-14-5-3-4-11(15(14)25-2)10-21-16(23)22-13-8-6-12(7-9-13)17(18,19)20/h3-9H,10H2,1-2H3,(H2,21,22,23). The molecule has 5 nitrogen and oxygen atoms in total. The van der Waals surface area contributed by atoms with Gasteiger partial charge in [0.1, 0.15) is 0 Å². The lowest BCUT2D eigenvalue weighted by Crippen LogP contribution is -2.28. The molecule has 0 aromatic heterocycles. The van der Waals surface area contributed by atoms with Gasteiger partial charge in [-0.3, -0.25) is 0 Å². The molecule has 0 spiro atoms. The maximum atomic E-state index is 12.5. The molecule has 0 atom stereocenters. The van der Waals surface area contributed by atoms with Gasteiger partial charge in [0.05, 0.1) is 19.8 Å². The van der Waals surface area contributed by atoms with Crippen molar-refractivity contribution in [2.24, 2.45) is 0 Å². The van der Waals surface area contributed by atoms with Gasteiger partial charge < -0.3 is 20.1 Å². The lowest BCUT2D eigenvalue weighted by atomic mass is 10.2. The molecule has 25 heavy (non-hydrogen) atoms. The number of para-hydroxylation sites is 1. The second-order valence-corrected chi connectivity index (χ2v) is 5.04. The zero-order valence-electron chi connectivity index (χ0n) is 13.6. The number of hydrogen-bond acceptors (Lipinski definition) is 3. The van der Waals surface area contributed by atoms with Crippen molar-refractivity contribution in [1.29, 1.82) is 0 Å². The van der Waals surface area contributed by atoms with Crippen LogP contribution in [0.5, 0.6) is 11.5 Å². The third kappa shape index (κ3) is 4.79. The van der Waals surface area contributed by atoms with E-state index in [0.29, 0.717) is 17.1 Å². The van der Waals surface area contributed by atoms with E-state index >= 15 is 0 Å². The summed E-state index contributed by atoms with van der Waals surface area (Å²) in [7, 11) is 3.00. The summed E-state index contributed by atoms with van der Waals surface area (Å²) in [5.74, 6) is 1.03. The number of methoxy groups -OCH3 is 2. The molecule has 0 bridgehead atoms. The van der Waals surface area contributed by atoms with Crippen LogP contribution in [0.15, 0.2) is 42.5 Å². The maximum Gasteiger partial charge on any atom is 0.416 e. The van der Waals surface area contributed by atoms with Gasteiger partial charge in [0.15, 0.2) is 11.5 Å². The lowest BCUT2D eigenvalue weighted by Gasteiger charge is -2.13. The van der Waals surface area contributed by atoms with Crippen molar-refractivity contribution in [1.82, 2.24) is 5.32 Å². The van der Waals surface area contributed by atoms with E-state index in [2.05, 4.69) is 10.6 Å². The number of carbonyl (C=O) groups is 1. The molecule has 0 saturated heterocycles. The monoisotopic (exact) mass is 354 g/mol. The van der Waals surface area contributed by atoms with E-state index in [1.807, 2.05) is 0 Å². The summed E-state index contributed by atoms with van der Waals surface area (Å²) in [4.78, 5) is 11.9. The summed E-state index contributed by atoms with van der Waals surface area (Å²) in [5.41, 5.74) is 0.173. The molecular weight excluding hydrogens is 337 g/mol. The average Bonchev–Trinajstić information content (AvgIpc) is 2.59. The van der Waals surface area contributed by atoms with Gasteiger partial charge in [-0.15, -0.1) is 0 Å². The largest absolute Gasteiger partial charge is 0.493 e. The van der Waals surface area contributed by atoms with Crippen LogP contribution in [0.1, 0.15) is 11.1 Å². The topological polar surface area (TPSA) is 59.6 Å². The van der Waals surface area contributed by atoms with Crippen molar-refractivity contribution in [2.75, 3.05) is 19.5 Å². The van der Waals surface area contributed by atoms with E-state index in [9.17, 15) is 18.0 Å². The quantitative estimate of drug-likeness (QED) is 0.852. The fourth-order valence-electron chi connectivity index (χ4n) is 2.19. The van der Waals surface area contributed by atoms with E-state index in [4.69, 9.17) is 9.47 Å². The van der Waals surface area contributed by atoms with Crippen LogP contribution in [0.25, 0.3) is 0 Å². The predicted molar refractivity (Wildman–Crippen MR) is 86.8 cm³/mol. The minimum absolute atomic E-state index is 0.160. The van der Waals surface area contributed by atoms with E-state index in [1.165, 1.54) is 26.4 Å². The number of amides is 2. The first-order valence-electron chi connectivity index (χ1n) is 7.27. The Balaban J connectivity index is 1.97. The first-order valence-corrected chi connectivity index (χ1v) is 7.27. The fourth-order valence-corrected chi connectivity index (χ4v) is 2.19. The van der Waals surface area contributed by atoms with Gasteiger partial charge >= 0.3 is 12.2 Å². The van der Waals surface area contributed by atoms with E-state index in [1.54, 1.807) is 18.2 Å².